The molecule has 0 aromatic heterocycles. The van der Waals surface area contributed by atoms with Gasteiger partial charge in [-0.05, 0) is 56.3 Å². The van der Waals surface area contributed by atoms with Crippen molar-refractivity contribution in [3.8, 4) is 0 Å². The molecule has 21 heavy (non-hydrogen) atoms. The van der Waals surface area contributed by atoms with Crippen molar-refractivity contribution in [1.29, 1.82) is 0 Å². The van der Waals surface area contributed by atoms with Gasteiger partial charge in [0.25, 0.3) is 0 Å². The Morgan fingerprint density at radius 1 is 1.00 bits per heavy atom. The van der Waals surface area contributed by atoms with Crippen molar-refractivity contribution in [1.82, 2.24) is 0 Å². The molecule has 0 N–H and O–H groups in total. The monoisotopic (exact) mass is 294 g/mol. The predicted molar refractivity (Wildman–Crippen MR) is 87.1 cm³/mol. The summed E-state index contributed by atoms with van der Waals surface area (Å²) >= 11 is 0. The van der Waals surface area contributed by atoms with Crippen LogP contribution in [0.15, 0.2) is 0 Å². The Hall–Kier alpha value is -0.530. The van der Waals surface area contributed by atoms with Crippen LogP contribution in [0.25, 0.3) is 0 Å². The van der Waals surface area contributed by atoms with E-state index in [4.69, 9.17) is 4.74 Å². The number of rotatable bonds is 3. The maximum Gasteiger partial charge on any atom is 0.313 e. The Morgan fingerprint density at radius 3 is 1.86 bits per heavy atom. The van der Waals surface area contributed by atoms with Gasteiger partial charge in [0.15, 0.2) is 0 Å². The molecule has 0 aromatic rings. The lowest BCUT2D eigenvalue weighted by Gasteiger charge is -2.34. The van der Waals surface area contributed by atoms with Crippen LogP contribution in [0.2, 0.25) is 0 Å². The molecule has 0 aromatic carbocycles. The molecule has 2 aliphatic carbocycles. The van der Waals surface area contributed by atoms with Crippen LogP contribution in [0, 0.1) is 16.2 Å². The predicted octanol–water partition coefficient (Wildman–Crippen LogP) is 5.50. The third-order valence-electron chi connectivity index (χ3n) is 5.64. The van der Waals surface area contributed by atoms with Gasteiger partial charge >= 0.3 is 5.97 Å². The number of hydrogen-bond acceptors (Lipinski definition) is 2. The van der Waals surface area contributed by atoms with Gasteiger partial charge in [0, 0.05) is 0 Å². The van der Waals surface area contributed by atoms with Crippen LogP contribution in [0.3, 0.4) is 0 Å². The number of hydrogen-bond donors (Lipinski definition) is 0. The lowest BCUT2D eigenvalue weighted by Crippen LogP contribution is -2.37. The van der Waals surface area contributed by atoms with Gasteiger partial charge in [-0.3, -0.25) is 4.79 Å². The van der Waals surface area contributed by atoms with Gasteiger partial charge in [-0.15, -0.1) is 0 Å². The van der Waals surface area contributed by atoms with E-state index in [1.54, 1.807) is 0 Å². The van der Waals surface area contributed by atoms with Crippen LogP contribution in [0.4, 0.5) is 0 Å². The highest BCUT2D eigenvalue weighted by molar-refractivity contribution is 5.82. The zero-order chi connectivity index (χ0) is 15.9. The van der Waals surface area contributed by atoms with E-state index >= 15 is 0 Å². The van der Waals surface area contributed by atoms with Crippen molar-refractivity contribution >= 4 is 5.97 Å². The van der Waals surface area contributed by atoms with Gasteiger partial charge in [-0.2, -0.15) is 0 Å². The van der Waals surface area contributed by atoms with E-state index in [-0.39, 0.29) is 27.8 Å². The van der Waals surface area contributed by atoms with Gasteiger partial charge in [-0.1, -0.05) is 47.5 Å². The first-order chi connectivity index (χ1) is 9.50. The zero-order valence-electron chi connectivity index (χ0n) is 15.0. The minimum absolute atomic E-state index is 0.0758. The molecule has 2 rings (SSSR count). The molecular formula is C19H34O2. The molecule has 2 heteroatoms. The first-order valence-corrected chi connectivity index (χ1v) is 8.73. The van der Waals surface area contributed by atoms with Crippen LogP contribution in [-0.4, -0.2) is 11.6 Å². The molecule has 2 fully saturated rings. The lowest BCUT2D eigenvalue weighted by molar-refractivity contribution is -0.169. The van der Waals surface area contributed by atoms with E-state index in [0.717, 1.165) is 25.7 Å². The average molecular weight is 294 g/mol. The number of ether oxygens (including phenoxy) is 1. The van der Waals surface area contributed by atoms with Crippen molar-refractivity contribution in [3.05, 3.63) is 0 Å². The molecule has 1 unspecified atom stereocenters. The molecule has 0 spiro atoms. The van der Waals surface area contributed by atoms with E-state index in [2.05, 4.69) is 41.5 Å². The number of carbonyl (C=O) groups excluding carboxylic acids is 1. The molecule has 0 heterocycles. The standard InChI is InChI=1S/C19H34O2/c1-16(2,3)13-19(14-17(19,4)5)15(20)21-18(6)11-9-7-8-10-12-18/h7-14H2,1-6H3. The summed E-state index contributed by atoms with van der Waals surface area (Å²) in [6.45, 7) is 13.3. The van der Waals surface area contributed by atoms with Gasteiger partial charge < -0.3 is 4.74 Å². The number of esters is 1. The summed E-state index contributed by atoms with van der Waals surface area (Å²) in [6.07, 6.45) is 8.93. The van der Waals surface area contributed by atoms with Gasteiger partial charge in [-0.25, -0.2) is 0 Å². The Kier molecular flexibility index (Phi) is 4.23. The molecule has 1 atom stereocenters. The summed E-state index contributed by atoms with van der Waals surface area (Å²) in [5.74, 6) is 0.0758. The second-order valence-electron chi connectivity index (χ2n) is 9.63. The highest BCUT2D eigenvalue weighted by Gasteiger charge is 2.68. The first-order valence-electron chi connectivity index (χ1n) is 8.73. The zero-order valence-corrected chi connectivity index (χ0v) is 15.0. The fourth-order valence-electron chi connectivity index (χ4n) is 4.24. The highest BCUT2D eigenvalue weighted by atomic mass is 16.6. The van der Waals surface area contributed by atoms with Crippen molar-refractivity contribution < 1.29 is 9.53 Å². The molecule has 0 bridgehead atoms. The largest absolute Gasteiger partial charge is 0.459 e. The lowest BCUT2D eigenvalue weighted by atomic mass is 9.78. The minimum Gasteiger partial charge on any atom is -0.459 e. The fraction of sp³-hybridized carbons (Fsp3) is 0.947. The minimum atomic E-state index is -0.249. The quantitative estimate of drug-likeness (QED) is 0.508. The molecule has 0 amide bonds. The number of carbonyl (C=O) groups is 1. The van der Waals surface area contributed by atoms with E-state index in [9.17, 15) is 4.79 Å². The van der Waals surface area contributed by atoms with E-state index in [1.165, 1.54) is 25.7 Å². The Bertz CT molecular complexity index is 394. The van der Waals surface area contributed by atoms with Gasteiger partial charge in [0.05, 0.1) is 5.41 Å². The Balaban J connectivity index is 2.10. The molecular weight excluding hydrogens is 260 g/mol. The van der Waals surface area contributed by atoms with Crippen LogP contribution < -0.4 is 0 Å². The second kappa shape index (κ2) is 5.28. The maximum absolute atomic E-state index is 13.0. The first kappa shape index (κ1) is 16.8. The summed E-state index contributed by atoms with van der Waals surface area (Å²) < 4.78 is 6.13. The molecule has 122 valence electrons. The van der Waals surface area contributed by atoms with Crippen molar-refractivity contribution in [3.63, 3.8) is 0 Å². The Morgan fingerprint density at radius 2 is 1.48 bits per heavy atom. The second-order valence-corrected chi connectivity index (χ2v) is 9.63. The van der Waals surface area contributed by atoms with Crippen LogP contribution in [0.5, 0.6) is 0 Å². The van der Waals surface area contributed by atoms with Crippen molar-refractivity contribution in [2.24, 2.45) is 16.2 Å². The van der Waals surface area contributed by atoms with Crippen molar-refractivity contribution in [2.45, 2.75) is 98.5 Å². The molecule has 2 aliphatic rings. The normalized spacial score (nSPS) is 31.3. The SMILES string of the molecule is CC(C)(C)CC1(C(=O)OC2(C)CCCCCC2)CC1(C)C. The van der Waals surface area contributed by atoms with Crippen LogP contribution in [-0.2, 0) is 9.53 Å². The van der Waals surface area contributed by atoms with E-state index in [0.29, 0.717) is 0 Å². The summed E-state index contributed by atoms with van der Waals surface area (Å²) in [7, 11) is 0. The highest BCUT2D eigenvalue weighted by Crippen LogP contribution is 2.68. The maximum atomic E-state index is 13.0. The van der Waals surface area contributed by atoms with Gasteiger partial charge in [0.1, 0.15) is 5.60 Å². The van der Waals surface area contributed by atoms with Crippen molar-refractivity contribution in [2.75, 3.05) is 0 Å². The summed E-state index contributed by atoms with van der Waals surface area (Å²) in [4.78, 5) is 13.0. The van der Waals surface area contributed by atoms with Crippen LogP contribution >= 0.6 is 0 Å². The molecule has 0 aliphatic heterocycles. The van der Waals surface area contributed by atoms with E-state index < -0.39 is 0 Å². The van der Waals surface area contributed by atoms with Crippen LogP contribution in [0.1, 0.15) is 92.9 Å². The molecule has 0 radical (unpaired) electrons. The summed E-state index contributed by atoms with van der Waals surface area (Å²) in [5.41, 5.74) is -0.215. The Labute approximate surface area is 131 Å². The fourth-order valence-corrected chi connectivity index (χ4v) is 4.24. The third kappa shape index (κ3) is 3.63. The van der Waals surface area contributed by atoms with E-state index in [1.807, 2.05) is 0 Å². The topological polar surface area (TPSA) is 26.3 Å². The third-order valence-corrected chi connectivity index (χ3v) is 5.64. The molecule has 2 nitrogen and oxygen atoms in total. The smallest absolute Gasteiger partial charge is 0.313 e. The molecule has 2 saturated carbocycles. The summed E-state index contributed by atoms with van der Waals surface area (Å²) in [5, 5.41) is 0. The van der Waals surface area contributed by atoms with Gasteiger partial charge in [0.2, 0.25) is 0 Å². The summed E-state index contributed by atoms with van der Waals surface area (Å²) in [6, 6.07) is 0. The molecule has 0 saturated heterocycles. The average Bonchev–Trinajstić information content (AvgIpc) is 2.90.